The van der Waals surface area contributed by atoms with Crippen LogP contribution in [-0.2, 0) is 0 Å². The summed E-state index contributed by atoms with van der Waals surface area (Å²) >= 11 is 15.9. The van der Waals surface area contributed by atoms with Gasteiger partial charge in [0.25, 0.3) is 0 Å². The second kappa shape index (κ2) is 35.5. The molecule has 5 aliphatic heterocycles. The fourth-order valence-corrected chi connectivity index (χ4v) is 234. The van der Waals surface area contributed by atoms with E-state index in [1.165, 1.54) is 63.5 Å². The molecule has 0 aromatic heterocycles. The predicted molar refractivity (Wildman–Crippen MR) is 475 cm³/mol. The minimum absolute atomic E-state index is 0. The Balaban J connectivity index is 0.000000144. The number of rotatable bonds is 10. The standard InChI is InChI=1S/C36H22N2OS3.C12H6Br2OS.C12H9NS.CH4.H21P19/c1-5-13-31-25(9-1)37(26-10-2-6-14-32(26)40-31)23-17-19-35-29(21-23)39-30-22-24(18-20-36(30)42-35)38-27-11-3-7-15-33(27)41-34-16-8-4-12-28(34)38;13-7-1-3-11-9(5-7)15-10-6-8(14)2-4-12(10)16-11;1-3-7-11-9(5-1)13-10-6-2-4-8-12(10)14-11;;1-11-16(10)19(17(12(2)3)13(4)5)18(14(6)7)15(8)9/h1-22H;1-6H;1-8,13H;1H4;11H,1-10H2. The Bertz CT molecular complexity index is 3890. The molecule has 0 amide bonds. The summed E-state index contributed by atoms with van der Waals surface area (Å²) in [6.45, 7) is 0.854. The number of nitrogens with zero attached hydrogens (tertiary/aromatic N) is 2. The first-order valence-corrected chi connectivity index (χ1v) is 66.8. The van der Waals surface area contributed by atoms with Crippen molar-refractivity contribution in [1.29, 1.82) is 0 Å². The number of nitrogens with one attached hydrogen (secondary N) is 1. The van der Waals surface area contributed by atoms with Crippen LogP contribution in [0.2, 0.25) is 0 Å². The Labute approximate surface area is 613 Å². The minimum Gasteiger partial charge on any atom is -0.455 e. The molecule has 5 heterocycles. The first-order chi connectivity index (χ1) is 44.1. The van der Waals surface area contributed by atoms with E-state index in [9.17, 15) is 0 Å². The molecule has 0 bridgehead atoms. The molecule has 12 atom stereocenters. The topological polar surface area (TPSA) is 37.0 Å². The van der Waals surface area contributed by atoms with Crippen LogP contribution in [0.15, 0.2) is 276 Å². The predicted octanol–water partition coefficient (Wildman–Crippen LogP) is 32.6. The van der Waals surface area contributed by atoms with Crippen LogP contribution in [0.4, 0.5) is 45.5 Å². The lowest BCUT2D eigenvalue weighted by Gasteiger charge is -2.44. The van der Waals surface area contributed by atoms with Crippen LogP contribution < -0.4 is 24.6 Å². The molecule has 31 heteroatoms. The summed E-state index contributed by atoms with van der Waals surface area (Å²) in [6.07, 6.45) is 0. The maximum atomic E-state index is 6.71. The lowest BCUT2D eigenvalue weighted by molar-refractivity contribution is 0.453. The zero-order valence-corrected chi connectivity index (χ0v) is 74.6. The van der Waals surface area contributed by atoms with Gasteiger partial charge in [0.15, 0.2) is 0 Å². The van der Waals surface area contributed by atoms with Gasteiger partial charge in [0, 0.05) is 50.5 Å². The Kier molecular flexibility index (Phi) is 29.0. The lowest BCUT2D eigenvalue weighted by atomic mass is 10.1. The molecule has 10 aromatic rings. The first-order valence-electron chi connectivity index (χ1n) is 27.2. The average Bonchev–Trinajstić information content (AvgIpc) is 0.784. The van der Waals surface area contributed by atoms with Crippen molar-refractivity contribution in [2.24, 2.45) is 0 Å². The van der Waals surface area contributed by atoms with Gasteiger partial charge >= 0.3 is 0 Å². The van der Waals surface area contributed by atoms with E-state index in [1.54, 1.807) is 23.5 Å². The van der Waals surface area contributed by atoms with E-state index in [0.29, 0.717) is 0 Å². The lowest BCUT2D eigenvalue weighted by Crippen LogP contribution is -2.15. The molecule has 10 aromatic carbocycles. The van der Waals surface area contributed by atoms with Gasteiger partial charge in [0.1, 0.15) is 23.0 Å². The number of halogens is 2. The van der Waals surface area contributed by atoms with Gasteiger partial charge in [-0.05, 0) is 189 Å². The van der Waals surface area contributed by atoms with Gasteiger partial charge in [-0.25, -0.2) is 0 Å². The van der Waals surface area contributed by atoms with Crippen molar-refractivity contribution in [2.45, 2.75) is 56.4 Å². The molecule has 5 nitrogen and oxygen atoms in total. The Morgan fingerprint density at radius 3 is 0.957 bits per heavy atom. The highest BCUT2D eigenvalue weighted by atomic mass is 79.9. The molecule has 0 saturated heterocycles. The molecule has 1 N–H and O–H groups in total. The summed E-state index contributed by atoms with van der Waals surface area (Å²) in [4.78, 5) is 16.8. The maximum absolute atomic E-state index is 6.71. The number of anilines is 8. The fourth-order valence-electron chi connectivity index (χ4n) is 9.82. The van der Waals surface area contributed by atoms with Crippen molar-refractivity contribution in [2.75, 3.05) is 15.1 Å². The van der Waals surface area contributed by atoms with Gasteiger partial charge in [-0.3, -0.25) is 0 Å². The molecule has 5 aliphatic rings. The molecule has 472 valence electrons. The normalized spacial score (nSPS) is 13.7. The summed E-state index contributed by atoms with van der Waals surface area (Å²) in [5.74, 6) is 3.57. The van der Waals surface area contributed by atoms with E-state index in [-0.39, 0.29) is 63.3 Å². The summed E-state index contributed by atoms with van der Waals surface area (Å²) in [6, 6.07) is 76.5. The minimum atomic E-state index is 0. The molecule has 0 aliphatic carbocycles. The second-order valence-electron chi connectivity index (χ2n) is 19.6. The van der Waals surface area contributed by atoms with E-state index in [0.717, 1.165) is 70.9 Å². The quantitative estimate of drug-likeness (QED) is 0.134. The first kappa shape index (κ1) is 75.2. The number of fused-ring (bicyclic) bond motifs is 10. The highest BCUT2D eigenvalue weighted by molar-refractivity contribution is 9.34. The van der Waals surface area contributed by atoms with Crippen LogP contribution in [0.25, 0.3) is 0 Å². The Morgan fingerprint density at radius 2 is 0.620 bits per heavy atom. The smallest absolute Gasteiger partial charge is 0.143 e. The Hall–Kier alpha value is 2.08. The fraction of sp³-hybridized carbons (Fsp3) is 0.0164. The van der Waals surface area contributed by atoms with Gasteiger partial charge in [0.05, 0.1) is 65.1 Å². The molecule has 92 heavy (non-hydrogen) atoms. The molecule has 12 unspecified atom stereocenters. The zero-order valence-electron chi connectivity index (χ0n) is 47.6. The van der Waals surface area contributed by atoms with Gasteiger partial charge in [-0.15, -0.1) is 89.3 Å². The van der Waals surface area contributed by atoms with E-state index >= 15 is 0 Å². The highest BCUT2D eigenvalue weighted by Gasteiger charge is 2.40. The summed E-state index contributed by atoms with van der Waals surface area (Å²) in [5.41, 5.74) is 9.34. The van der Waals surface area contributed by atoms with Gasteiger partial charge in [0.2, 0.25) is 0 Å². The molecular weight excluding hydrogens is 1720 g/mol. The molecule has 15 rings (SSSR count). The number of ether oxygens (including phenoxy) is 2. The third kappa shape index (κ3) is 18.0. The van der Waals surface area contributed by atoms with Gasteiger partial charge < -0.3 is 24.6 Å². The van der Waals surface area contributed by atoms with Crippen LogP contribution >= 0.6 is 244 Å². The van der Waals surface area contributed by atoms with Crippen molar-refractivity contribution in [3.63, 3.8) is 0 Å². The second-order valence-corrected chi connectivity index (χ2v) is 99.6. The van der Waals surface area contributed by atoms with E-state index in [4.69, 9.17) is 9.47 Å². The van der Waals surface area contributed by atoms with E-state index in [1.807, 2.05) is 59.6 Å². The van der Waals surface area contributed by atoms with Gasteiger partial charge in [-0.1, -0.05) is 179 Å². The third-order valence-corrected chi connectivity index (χ3v) is 138. The van der Waals surface area contributed by atoms with Crippen LogP contribution in [-0.4, -0.2) is 0 Å². The molecule has 0 saturated carbocycles. The third-order valence-electron chi connectivity index (χ3n) is 13.7. The summed E-state index contributed by atoms with van der Waals surface area (Å²) in [5, 5.41) is 3.42. The average molecular weight is 1780 g/mol. The van der Waals surface area contributed by atoms with E-state index < -0.39 is 0 Å². The van der Waals surface area contributed by atoms with Crippen LogP contribution in [0, 0.1) is 0 Å². The van der Waals surface area contributed by atoms with Crippen LogP contribution in [0.1, 0.15) is 7.43 Å². The molecular formula is C61H62Br2N3O2P19S5. The zero-order chi connectivity index (χ0) is 63.4. The number of benzene rings is 10. The molecule has 0 fully saturated rings. The summed E-state index contributed by atoms with van der Waals surface area (Å²) < 4.78 is 14.6. The van der Waals surface area contributed by atoms with Crippen LogP contribution in [0.3, 0.4) is 0 Å². The SMILES string of the molecule is Brc1ccc2c(c1)Oc1cc(Br)ccc1S2.C.PPP(P)P(P(P(P)P)P(P)P)P(P(P)P)P(P)P.c1ccc2c(c1)Nc1ccccc1S2.c1ccc2c(c1)Sc1ccccc1N2c1ccc2c(c1)Oc1cc(N3c4ccccc4Sc4ccccc43)ccc1S2. The van der Waals surface area contributed by atoms with Crippen molar-refractivity contribution < 1.29 is 9.47 Å². The maximum Gasteiger partial charge on any atom is 0.143 e. The van der Waals surface area contributed by atoms with Gasteiger partial charge in [-0.2, -0.15) is 0 Å². The van der Waals surface area contributed by atoms with E-state index in [2.05, 4.69) is 330 Å². The summed E-state index contributed by atoms with van der Waals surface area (Å²) in [7, 11) is 32.5. The number of hydrogen-bond donors (Lipinski definition) is 1. The number of hydrogen-bond acceptors (Lipinski definition) is 10. The Morgan fingerprint density at radius 1 is 0.337 bits per heavy atom. The monoisotopic (exact) mass is 1770 g/mol. The highest BCUT2D eigenvalue weighted by Crippen LogP contribution is 3.28. The van der Waals surface area contributed by atoms with Crippen molar-refractivity contribution in [3.05, 3.63) is 227 Å². The van der Waals surface area contributed by atoms with Crippen molar-refractivity contribution >= 4 is 289 Å². The largest absolute Gasteiger partial charge is 0.455 e. The molecule has 0 radical (unpaired) electrons. The molecule has 0 spiro atoms. The van der Waals surface area contributed by atoms with Crippen molar-refractivity contribution in [1.82, 2.24) is 0 Å². The van der Waals surface area contributed by atoms with Crippen LogP contribution in [0.5, 0.6) is 23.0 Å². The number of para-hydroxylation sites is 6. The van der Waals surface area contributed by atoms with Crippen molar-refractivity contribution in [3.8, 4) is 23.0 Å².